The lowest BCUT2D eigenvalue weighted by molar-refractivity contribution is -0.152. The van der Waals surface area contributed by atoms with E-state index in [1.165, 1.54) is 12.0 Å². The fourth-order valence-corrected chi connectivity index (χ4v) is 5.53. The van der Waals surface area contributed by atoms with Crippen molar-refractivity contribution in [1.82, 2.24) is 5.32 Å². The van der Waals surface area contributed by atoms with E-state index in [0.29, 0.717) is 17.9 Å². The zero-order valence-corrected chi connectivity index (χ0v) is 18.6. The number of carbonyl (C=O) groups is 3. The Morgan fingerprint density at radius 1 is 1.10 bits per heavy atom. The van der Waals surface area contributed by atoms with Crippen LogP contribution in [-0.4, -0.2) is 42.4 Å². The molecule has 0 aliphatic carbocycles. The van der Waals surface area contributed by atoms with E-state index in [2.05, 4.69) is 5.32 Å². The van der Waals surface area contributed by atoms with Crippen LogP contribution in [0.15, 0.2) is 54.6 Å². The number of ether oxygens (including phenoxy) is 1. The van der Waals surface area contributed by atoms with Crippen LogP contribution in [0.25, 0.3) is 0 Å². The topological polar surface area (TPSA) is 75.7 Å². The number of aryl methyl sites for hydroxylation is 1. The van der Waals surface area contributed by atoms with Gasteiger partial charge in [-0.2, -0.15) is 11.8 Å². The molecule has 4 rings (SSSR count). The van der Waals surface area contributed by atoms with E-state index in [9.17, 15) is 14.4 Å². The first kappa shape index (κ1) is 21.6. The Balaban J connectivity index is 1.88. The van der Waals surface area contributed by atoms with Crippen molar-refractivity contribution < 1.29 is 19.1 Å². The number of nitrogens with zero attached hydrogens (tertiary/aromatic N) is 1. The monoisotopic (exact) mass is 438 g/mol. The van der Waals surface area contributed by atoms with E-state index >= 15 is 0 Å². The minimum absolute atomic E-state index is 0.281. The van der Waals surface area contributed by atoms with Crippen molar-refractivity contribution in [3.63, 3.8) is 0 Å². The van der Waals surface area contributed by atoms with Gasteiger partial charge in [0.1, 0.15) is 5.54 Å². The summed E-state index contributed by atoms with van der Waals surface area (Å²) >= 11 is 1.59. The summed E-state index contributed by atoms with van der Waals surface area (Å²) in [5.41, 5.74) is 1.19. The lowest BCUT2D eigenvalue weighted by atomic mass is 9.77. The summed E-state index contributed by atoms with van der Waals surface area (Å²) in [4.78, 5) is 41.8. The number of para-hydroxylation sites is 1. The van der Waals surface area contributed by atoms with Crippen LogP contribution in [0.5, 0.6) is 0 Å². The van der Waals surface area contributed by atoms with Gasteiger partial charge in [-0.25, -0.2) is 4.90 Å². The van der Waals surface area contributed by atoms with Gasteiger partial charge in [0, 0.05) is 6.04 Å². The van der Waals surface area contributed by atoms with Crippen molar-refractivity contribution >= 4 is 35.2 Å². The van der Waals surface area contributed by atoms with Crippen LogP contribution in [0.3, 0.4) is 0 Å². The van der Waals surface area contributed by atoms with Crippen molar-refractivity contribution in [3.05, 3.63) is 65.7 Å². The third-order valence-electron chi connectivity index (χ3n) is 6.44. The third-order valence-corrected chi connectivity index (χ3v) is 7.05. The van der Waals surface area contributed by atoms with Gasteiger partial charge in [0.2, 0.25) is 11.8 Å². The molecule has 0 bridgehead atoms. The lowest BCUT2D eigenvalue weighted by Crippen LogP contribution is -2.56. The Bertz CT molecular complexity index is 1010. The number of hydrogen-bond acceptors (Lipinski definition) is 6. The Morgan fingerprint density at radius 3 is 2.42 bits per heavy atom. The van der Waals surface area contributed by atoms with Crippen LogP contribution in [0, 0.1) is 18.8 Å². The molecule has 4 atom stereocenters. The molecule has 0 radical (unpaired) electrons. The van der Waals surface area contributed by atoms with Gasteiger partial charge in [-0.15, -0.1) is 0 Å². The molecule has 0 unspecified atom stereocenters. The molecular weight excluding hydrogens is 412 g/mol. The van der Waals surface area contributed by atoms with Crippen molar-refractivity contribution in [3.8, 4) is 0 Å². The van der Waals surface area contributed by atoms with Crippen molar-refractivity contribution in [2.75, 3.05) is 24.0 Å². The number of thioether (sulfide) groups is 1. The molecule has 2 amide bonds. The number of fused-ring (bicyclic) bond motifs is 1. The molecule has 2 aliphatic heterocycles. The molecular formula is C24H26N2O4S. The first-order valence-corrected chi connectivity index (χ1v) is 11.7. The number of imide groups is 1. The molecule has 1 N–H and O–H groups in total. The second-order valence-corrected chi connectivity index (χ2v) is 9.02. The standard InChI is InChI=1S/C24H26N2O4S/c1-15-9-7-8-12-17(15)20-18-19(24(25-20,13-14-31-3)23(29)30-2)22(28)26(21(18)27)16-10-5-4-6-11-16/h4-12,18-20,25H,13-14H2,1-3H3/t18-,19-,20-,24-/m0/s1. The number of amides is 2. The summed E-state index contributed by atoms with van der Waals surface area (Å²) in [5, 5.41) is 3.43. The van der Waals surface area contributed by atoms with Gasteiger partial charge in [-0.1, -0.05) is 42.5 Å². The minimum atomic E-state index is -1.26. The average molecular weight is 439 g/mol. The van der Waals surface area contributed by atoms with Crippen LogP contribution >= 0.6 is 11.8 Å². The van der Waals surface area contributed by atoms with Gasteiger partial charge in [0.25, 0.3) is 0 Å². The van der Waals surface area contributed by atoms with Crippen LogP contribution in [-0.2, 0) is 19.1 Å². The second kappa shape index (κ2) is 8.48. The number of rotatable bonds is 6. The number of anilines is 1. The Labute approximate surface area is 186 Å². The zero-order chi connectivity index (χ0) is 22.2. The van der Waals surface area contributed by atoms with Crippen LogP contribution in [0.4, 0.5) is 5.69 Å². The molecule has 0 aromatic heterocycles. The predicted molar refractivity (Wildman–Crippen MR) is 121 cm³/mol. The first-order chi connectivity index (χ1) is 15.0. The van der Waals surface area contributed by atoms with Gasteiger partial charge < -0.3 is 4.74 Å². The maximum Gasteiger partial charge on any atom is 0.326 e. The largest absolute Gasteiger partial charge is 0.468 e. The second-order valence-electron chi connectivity index (χ2n) is 8.04. The molecule has 0 saturated carbocycles. The summed E-state index contributed by atoms with van der Waals surface area (Å²) in [6.45, 7) is 1.97. The van der Waals surface area contributed by atoms with Gasteiger partial charge in [0.05, 0.1) is 24.6 Å². The number of esters is 1. The summed E-state index contributed by atoms with van der Waals surface area (Å²) in [6.07, 6.45) is 2.35. The molecule has 0 spiro atoms. The number of methoxy groups -OCH3 is 1. The average Bonchev–Trinajstić information content (AvgIpc) is 3.27. The van der Waals surface area contributed by atoms with Crippen molar-refractivity contribution in [1.29, 1.82) is 0 Å². The maximum absolute atomic E-state index is 13.7. The van der Waals surface area contributed by atoms with Crippen molar-refractivity contribution in [2.45, 2.75) is 24.9 Å². The summed E-state index contributed by atoms with van der Waals surface area (Å²) in [6, 6.07) is 16.2. The summed E-state index contributed by atoms with van der Waals surface area (Å²) < 4.78 is 5.19. The fourth-order valence-electron chi connectivity index (χ4n) is 5.00. The first-order valence-electron chi connectivity index (χ1n) is 10.3. The zero-order valence-electron chi connectivity index (χ0n) is 17.8. The molecule has 2 aromatic carbocycles. The summed E-state index contributed by atoms with van der Waals surface area (Å²) in [5.74, 6) is -1.99. The van der Waals surface area contributed by atoms with Crippen molar-refractivity contribution in [2.24, 2.45) is 11.8 Å². The third kappa shape index (κ3) is 3.36. The molecule has 6 nitrogen and oxygen atoms in total. The molecule has 2 aromatic rings. The van der Waals surface area contributed by atoms with E-state index in [0.717, 1.165) is 11.1 Å². The molecule has 2 fully saturated rings. The van der Waals surface area contributed by atoms with E-state index in [1.807, 2.05) is 43.5 Å². The molecule has 2 aliphatic rings. The van der Waals surface area contributed by atoms with Gasteiger partial charge in [0.15, 0.2) is 0 Å². The van der Waals surface area contributed by atoms with Gasteiger partial charge >= 0.3 is 5.97 Å². The summed E-state index contributed by atoms with van der Waals surface area (Å²) in [7, 11) is 1.33. The quantitative estimate of drug-likeness (QED) is 0.552. The number of benzene rings is 2. The molecule has 2 heterocycles. The van der Waals surface area contributed by atoms with E-state index < -0.39 is 29.4 Å². The van der Waals surface area contributed by atoms with Gasteiger partial charge in [-0.05, 0) is 48.6 Å². The molecule has 31 heavy (non-hydrogen) atoms. The highest BCUT2D eigenvalue weighted by molar-refractivity contribution is 7.98. The van der Waals surface area contributed by atoms with Crippen LogP contribution < -0.4 is 10.2 Å². The highest BCUT2D eigenvalue weighted by Gasteiger charge is 2.68. The number of hydrogen-bond donors (Lipinski definition) is 1. The Kier molecular flexibility index (Phi) is 5.90. The predicted octanol–water partition coefficient (Wildman–Crippen LogP) is 3.11. The minimum Gasteiger partial charge on any atom is -0.468 e. The Morgan fingerprint density at radius 2 is 1.77 bits per heavy atom. The highest BCUT2D eigenvalue weighted by Crippen LogP contribution is 2.51. The Hall–Kier alpha value is -2.64. The SMILES string of the molecule is COC(=O)[C@@]1(CCSC)N[C@@H](c2ccccc2C)[C@H]2C(=O)N(c3ccccc3)C(=O)[C@H]21. The maximum atomic E-state index is 13.7. The number of nitrogens with one attached hydrogen (secondary N) is 1. The molecule has 162 valence electrons. The van der Waals surface area contributed by atoms with E-state index in [4.69, 9.17) is 4.74 Å². The smallest absolute Gasteiger partial charge is 0.326 e. The normalized spacial score (nSPS) is 27.5. The van der Waals surface area contributed by atoms with E-state index in [-0.39, 0.29) is 11.8 Å². The van der Waals surface area contributed by atoms with Crippen LogP contribution in [0.1, 0.15) is 23.6 Å². The van der Waals surface area contributed by atoms with Gasteiger partial charge in [-0.3, -0.25) is 19.7 Å². The van der Waals surface area contributed by atoms with Crippen LogP contribution in [0.2, 0.25) is 0 Å². The van der Waals surface area contributed by atoms with E-state index in [1.54, 1.807) is 36.0 Å². The molecule has 2 saturated heterocycles. The highest BCUT2D eigenvalue weighted by atomic mass is 32.2. The molecule has 7 heteroatoms. The lowest BCUT2D eigenvalue weighted by Gasteiger charge is -2.32. The fraction of sp³-hybridized carbons (Fsp3) is 0.375. The number of carbonyl (C=O) groups excluding carboxylic acids is 3.